The Morgan fingerprint density at radius 1 is 0.970 bits per heavy atom. The molecule has 1 amide bonds. The van der Waals surface area contributed by atoms with Crippen molar-refractivity contribution in [3.8, 4) is 11.5 Å². The Balaban J connectivity index is 1.95. The molecule has 174 valence electrons. The number of nitrogens with one attached hydrogen (secondary N) is 2. The topological polar surface area (TPSA) is 93.7 Å². The molecule has 0 atom stereocenters. The van der Waals surface area contributed by atoms with Crippen LogP contribution < -0.4 is 19.5 Å². The van der Waals surface area contributed by atoms with Crippen molar-refractivity contribution in [2.45, 2.75) is 18.4 Å². The van der Waals surface area contributed by atoms with E-state index < -0.39 is 21.7 Å². The van der Waals surface area contributed by atoms with Crippen LogP contribution >= 0.6 is 0 Å². The third-order valence-corrected chi connectivity index (χ3v) is 6.15. The van der Waals surface area contributed by atoms with Gasteiger partial charge in [-0.15, -0.1) is 0 Å². The van der Waals surface area contributed by atoms with Gasteiger partial charge in [-0.05, 0) is 42.3 Å². The molecule has 0 heterocycles. The molecule has 2 N–H and O–H groups in total. The number of hydrogen-bond acceptors (Lipinski definition) is 5. The molecule has 0 saturated carbocycles. The van der Waals surface area contributed by atoms with Crippen molar-refractivity contribution in [2.24, 2.45) is 0 Å². The second-order valence-electron chi connectivity index (χ2n) is 7.06. The molecule has 7 nitrogen and oxygen atoms in total. The molecule has 0 aliphatic rings. The zero-order valence-corrected chi connectivity index (χ0v) is 18.9. The van der Waals surface area contributed by atoms with Crippen LogP contribution in [-0.2, 0) is 16.6 Å². The van der Waals surface area contributed by atoms with Gasteiger partial charge in [-0.3, -0.25) is 9.52 Å². The van der Waals surface area contributed by atoms with Gasteiger partial charge in [-0.2, -0.15) is 0 Å². The Kier molecular flexibility index (Phi) is 7.17. The van der Waals surface area contributed by atoms with E-state index in [1.54, 1.807) is 13.0 Å². The van der Waals surface area contributed by atoms with Gasteiger partial charge in [-0.25, -0.2) is 17.2 Å². The summed E-state index contributed by atoms with van der Waals surface area (Å²) < 4.78 is 65.9. The highest BCUT2D eigenvalue weighted by Gasteiger charge is 2.25. The fourth-order valence-electron chi connectivity index (χ4n) is 3.10. The monoisotopic (exact) mass is 476 g/mol. The van der Waals surface area contributed by atoms with Crippen molar-refractivity contribution >= 4 is 21.6 Å². The number of para-hydroxylation sites is 1. The molecule has 3 rings (SSSR count). The zero-order valence-electron chi connectivity index (χ0n) is 18.1. The number of anilines is 1. The highest BCUT2D eigenvalue weighted by molar-refractivity contribution is 7.92. The van der Waals surface area contributed by atoms with Crippen LogP contribution in [0.3, 0.4) is 0 Å². The summed E-state index contributed by atoms with van der Waals surface area (Å²) in [6.45, 7) is 1.67. The summed E-state index contributed by atoms with van der Waals surface area (Å²) in [5.74, 6) is -1.74. The van der Waals surface area contributed by atoms with Gasteiger partial charge in [0.25, 0.3) is 15.9 Å². The minimum atomic E-state index is -4.27. The van der Waals surface area contributed by atoms with Crippen molar-refractivity contribution < 1.29 is 31.5 Å². The fraction of sp³-hybridized carbons (Fsp3) is 0.174. The summed E-state index contributed by atoms with van der Waals surface area (Å²) >= 11 is 0. The van der Waals surface area contributed by atoms with Crippen molar-refractivity contribution in [1.29, 1.82) is 0 Å². The first-order valence-electron chi connectivity index (χ1n) is 9.73. The number of halogens is 2. The van der Waals surface area contributed by atoms with Crippen LogP contribution in [0.2, 0.25) is 0 Å². The van der Waals surface area contributed by atoms with E-state index in [1.807, 2.05) is 0 Å². The number of rotatable bonds is 8. The number of methoxy groups -OCH3 is 2. The van der Waals surface area contributed by atoms with Crippen LogP contribution in [0.4, 0.5) is 14.5 Å². The predicted molar refractivity (Wildman–Crippen MR) is 119 cm³/mol. The van der Waals surface area contributed by atoms with Gasteiger partial charge in [0.2, 0.25) is 0 Å². The standard InChI is InChI=1S/C23H22F2N2O5S/c1-14-10-15(8-9-18(14)24)13-26-23(28)17-11-16(12-21(31-2)22(17)32-3)33(29,30)27-20-7-5-4-6-19(20)25/h4-12,27H,13H2,1-3H3,(H,26,28). The molecule has 33 heavy (non-hydrogen) atoms. The fourth-order valence-corrected chi connectivity index (χ4v) is 4.21. The van der Waals surface area contributed by atoms with Gasteiger partial charge in [-0.1, -0.05) is 24.3 Å². The number of sulfonamides is 1. The lowest BCUT2D eigenvalue weighted by atomic mass is 10.1. The van der Waals surface area contributed by atoms with Crippen molar-refractivity contribution in [2.75, 3.05) is 18.9 Å². The van der Waals surface area contributed by atoms with Gasteiger partial charge < -0.3 is 14.8 Å². The molecule has 0 aliphatic carbocycles. The minimum absolute atomic E-state index is 0.00307. The Labute approximate surface area is 190 Å². The highest BCUT2D eigenvalue weighted by Crippen LogP contribution is 2.35. The maximum atomic E-state index is 14.0. The van der Waals surface area contributed by atoms with Crippen LogP contribution in [0.25, 0.3) is 0 Å². The van der Waals surface area contributed by atoms with E-state index in [4.69, 9.17) is 9.47 Å². The van der Waals surface area contributed by atoms with Gasteiger partial charge in [0.05, 0.1) is 30.4 Å². The molecule has 0 spiro atoms. The van der Waals surface area contributed by atoms with Crippen molar-refractivity contribution in [3.63, 3.8) is 0 Å². The Hall–Kier alpha value is -3.66. The molecule has 0 aromatic heterocycles. The van der Waals surface area contributed by atoms with E-state index in [1.165, 1.54) is 50.6 Å². The highest BCUT2D eigenvalue weighted by atomic mass is 32.2. The quantitative estimate of drug-likeness (QED) is 0.512. The molecular formula is C23H22F2N2O5S. The average molecular weight is 477 g/mol. The number of aryl methyl sites for hydroxylation is 1. The lowest BCUT2D eigenvalue weighted by Gasteiger charge is -2.16. The largest absolute Gasteiger partial charge is 0.493 e. The van der Waals surface area contributed by atoms with Crippen LogP contribution in [0.15, 0.2) is 59.5 Å². The number of carbonyl (C=O) groups excluding carboxylic acids is 1. The SMILES string of the molecule is COc1cc(S(=O)(=O)Nc2ccccc2F)cc(C(=O)NCc2ccc(F)c(C)c2)c1OC. The lowest BCUT2D eigenvalue weighted by molar-refractivity contribution is 0.0947. The summed E-state index contributed by atoms with van der Waals surface area (Å²) in [5, 5.41) is 2.65. The van der Waals surface area contributed by atoms with E-state index in [0.29, 0.717) is 11.1 Å². The van der Waals surface area contributed by atoms with E-state index in [0.717, 1.165) is 12.1 Å². The molecule has 0 radical (unpaired) electrons. The molecule has 3 aromatic carbocycles. The summed E-state index contributed by atoms with van der Waals surface area (Å²) in [5.41, 5.74) is 0.723. The number of hydrogen-bond donors (Lipinski definition) is 2. The molecule has 10 heteroatoms. The van der Waals surface area contributed by atoms with E-state index in [9.17, 15) is 22.0 Å². The minimum Gasteiger partial charge on any atom is -0.493 e. The molecule has 0 unspecified atom stereocenters. The first kappa shape index (κ1) is 24.0. The summed E-state index contributed by atoms with van der Waals surface area (Å²) in [4.78, 5) is 12.6. The summed E-state index contributed by atoms with van der Waals surface area (Å²) in [6.07, 6.45) is 0. The molecule has 0 bridgehead atoms. The Morgan fingerprint density at radius 2 is 1.70 bits per heavy atom. The molecule has 3 aromatic rings. The maximum Gasteiger partial charge on any atom is 0.262 e. The molecular weight excluding hydrogens is 454 g/mol. The third kappa shape index (κ3) is 5.40. The van der Waals surface area contributed by atoms with Crippen molar-refractivity contribution in [1.82, 2.24) is 5.32 Å². The first-order chi connectivity index (χ1) is 15.7. The number of carbonyl (C=O) groups is 1. The molecule has 0 saturated heterocycles. The average Bonchev–Trinajstić information content (AvgIpc) is 2.80. The van der Waals surface area contributed by atoms with E-state index >= 15 is 0 Å². The van der Waals surface area contributed by atoms with Crippen LogP contribution in [0.1, 0.15) is 21.5 Å². The molecule has 0 aliphatic heterocycles. The number of ether oxygens (including phenoxy) is 2. The first-order valence-corrected chi connectivity index (χ1v) is 11.2. The van der Waals surface area contributed by atoms with Gasteiger partial charge in [0.1, 0.15) is 11.6 Å². The maximum absolute atomic E-state index is 14.0. The lowest BCUT2D eigenvalue weighted by Crippen LogP contribution is -2.24. The molecule has 0 fully saturated rings. The van der Waals surface area contributed by atoms with Crippen LogP contribution in [-0.4, -0.2) is 28.5 Å². The van der Waals surface area contributed by atoms with Gasteiger partial charge in [0.15, 0.2) is 11.5 Å². The second-order valence-corrected chi connectivity index (χ2v) is 8.74. The van der Waals surface area contributed by atoms with Crippen LogP contribution in [0, 0.1) is 18.6 Å². The van der Waals surface area contributed by atoms with E-state index in [2.05, 4.69) is 10.0 Å². The van der Waals surface area contributed by atoms with Gasteiger partial charge >= 0.3 is 0 Å². The Morgan fingerprint density at radius 3 is 2.33 bits per heavy atom. The van der Waals surface area contributed by atoms with Crippen molar-refractivity contribution in [3.05, 3.63) is 82.9 Å². The van der Waals surface area contributed by atoms with E-state index in [-0.39, 0.29) is 40.0 Å². The number of benzene rings is 3. The number of amides is 1. The summed E-state index contributed by atoms with van der Waals surface area (Å²) in [7, 11) is -1.67. The van der Waals surface area contributed by atoms with Gasteiger partial charge in [0, 0.05) is 12.6 Å². The zero-order chi connectivity index (χ0) is 24.2. The van der Waals surface area contributed by atoms with Crippen LogP contribution in [0.5, 0.6) is 11.5 Å². The third-order valence-electron chi connectivity index (χ3n) is 4.80. The predicted octanol–water partition coefficient (Wildman–Crippen LogP) is 4.02. The normalized spacial score (nSPS) is 11.1. The Bertz CT molecular complexity index is 1300. The smallest absolute Gasteiger partial charge is 0.262 e. The second kappa shape index (κ2) is 9.86. The summed E-state index contributed by atoms with van der Waals surface area (Å²) in [6, 6.07) is 12.0.